The highest BCUT2D eigenvalue weighted by Crippen LogP contribution is 2.28. The van der Waals surface area contributed by atoms with Crippen LogP contribution in [-0.4, -0.2) is 22.7 Å². The number of aliphatic hydroxyl groups is 1. The highest BCUT2D eigenvalue weighted by molar-refractivity contribution is 5.74. The molecule has 4 heteroatoms. The maximum Gasteiger partial charge on any atom is 0.218 e. The van der Waals surface area contributed by atoms with Crippen LogP contribution in [0.2, 0.25) is 0 Å². The Morgan fingerprint density at radius 1 is 1.55 bits per heavy atom. The summed E-state index contributed by atoms with van der Waals surface area (Å²) in [5.41, 5.74) is -0.148. The highest BCUT2D eigenvalue weighted by atomic mass is 19.1. The van der Waals surface area contributed by atoms with E-state index in [9.17, 15) is 14.3 Å². The van der Waals surface area contributed by atoms with Crippen molar-refractivity contribution < 1.29 is 14.3 Å². The Kier molecular flexibility index (Phi) is 4.41. The maximum atomic E-state index is 13.1. The van der Waals surface area contributed by atoms with E-state index < -0.39 is 11.6 Å². The van der Waals surface area contributed by atoms with Gasteiger partial charge in [0, 0.05) is 18.9 Å². The normalized spacial score (nSPS) is 25.4. The van der Waals surface area contributed by atoms with Gasteiger partial charge in [-0.05, 0) is 37.5 Å². The number of carbonyl (C=O) groups excluding carboxylic acids is 1. The second-order valence-corrected chi connectivity index (χ2v) is 5.27. The lowest BCUT2D eigenvalue weighted by molar-refractivity contribution is -0.120. The van der Waals surface area contributed by atoms with Gasteiger partial charge in [-0.3, -0.25) is 4.79 Å². The third-order valence-corrected chi connectivity index (χ3v) is 3.41. The zero-order chi connectivity index (χ0) is 14.6. The molecule has 1 saturated carbocycles. The Morgan fingerprint density at radius 3 is 3.00 bits per heavy atom. The molecule has 0 spiro atoms. The fourth-order valence-electron chi connectivity index (χ4n) is 2.60. The van der Waals surface area contributed by atoms with Crippen molar-refractivity contribution >= 4 is 5.91 Å². The average molecular weight is 275 g/mol. The summed E-state index contributed by atoms with van der Waals surface area (Å²) in [5, 5.41) is 12.7. The molecule has 20 heavy (non-hydrogen) atoms. The van der Waals surface area contributed by atoms with E-state index in [1.807, 2.05) is 0 Å². The van der Waals surface area contributed by atoms with Crippen molar-refractivity contribution in [3.05, 3.63) is 35.6 Å². The number of hydrogen-bond acceptors (Lipinski definition) is 2. The fourth-order valence-corrected chi connectivity index (χ4v) is 2.60. The molecule has 0 heterocycles. The molecule has 2 rings (SSSR count). The van der Waals surface area contributed by atoms with Crippen molar-refractivity contribution in [2.75, 3.05) is 0 Å². The molecular formula is C16H18FNO2. The first-order valence-corrected chi connectivity index (χ1v) is 6.75. The molecule has 1 fully saturated rings. The molecule has 3 nitrogen and oxygen atoms in total. The quantitative estimate of drug-likeness (QED) is 0.770. The van der Waals surface area contributed by atoms with Gasteiger partial charge in [-0.15, -0.1) is 0 Å². The molecule has 2 unspecified atom stereocenters. The first-order chi connectivity index (χ1) is 9.49. The molecule has 1 amide bonds. The Labute approximate surface area is 118 Å². The topological polar surface area (TPSA) is 49.3 Å². The lowest BCUT2D eigenvalue weighted by Crippen LogP contribution is -2.50. The zero-order valence-corrected chi connectivity index (χ0v) is 11.4. The summed E-state index contributed by atoms with van der Waals surface area (Å²) in [6.45, 7) is 1.44. The van der Waals surface area contributed by atoms with Crippen molar-refractivity contribution in [1.29, 1.82) is 0 Å². The van der Waals surface area contributed by atoms with E-state index in [1.165, 1.54) is 19.1 Å². The lowest BCUT2D eigenvalue weighted by Gasteiger charge is -2.35. The van der Waals surface area contributed by atoms with Crippen molar-refractivity contribution in [2.24, 2.45) is 0 Å². The predicted molar refractivity (Wildman–Crippen MR) is 74.3 cm³/mol. The Morgan fingerprint density at radius 2 is 2.35 bits per heavy atom. The van der Waals surface area contributed by atoms with Gasteiger partial charge >= 0.3 is 0 Å². The van der Waals surface area contributed by atoms with Crippen LogP contribution in [0, 0.1) is 17.7 Å². The van der Waals surface area contributed by atoms with Crippen LogP contribution < -0.4 is 5.32 Å². The summed E-state index contributed by atoms with van der Waals surface area (Å²) in [5.74, 6) is 5.43. The van der Waals surface area contributed by atoms with Gasteiger partial charge in [0.25, 0.3) is 0 Å². The van der Waals surface area contributed by atoms with Gasteiger partial charge in [0.05, 0.1) is 6.10 Å². The van der Waals surface area contributed by atoms with Crippen LogP contribution in [0.4, 0.5) is 4.39 Å². The largest absolute Gasteiger partial charge is 0.393 e. The second kappa shape index (κ2) is 6.06. The molecule has 0 aliphatic heterocycles. The van der Waals surface area contributed by atoms with E-state index in [4.69, 9.17) is 0 Å². The van der Waals surface area contributed by atoms with Crippen LogP contribution in [0.1, 0.15) is 38.2 Å². The number of amides is 1. The summed E-state index contributed by atoms with van der Waals surface area (Å²) in [4.78, 5) is 11.4. The molecule has 2 N–H and O–H groups in total. The summed E-state index contributed by atoms with van der Waals surface area (Å²) in [6.07, 6.45) is 2.18. The van der Waals surface area contributed by atoms with E-state index >= 15 is 0 Å². The number of nitrogens with one attached hydrogen (secondary N) is 1. The minimum Gasteiger partial charge on any atom is -0.393 e. The monoisotopic (exact) mass is 275 g/mol. The van der Waals surface area contributed by atoms with Crippen LogP contribution >= 0.6 is 0 Å². The van der Waals surface area contributed by atoms with Crippen molar-refractivity contribution in [1.82, 2.24) is 5.32 Å². The third kappa shape index (κ3) is 3.82. The van der Waals surface area contributed by atoms with E-state index in [0.717, 1.165) is 12.8 Å². The minimum absolute atomic E-state index is 0.173. The number of aliphatic hydroxyl groups excluding tert-OH is 1. The van der Waals surface area contributed by atoms with Gasteiger partial charge in [0.2, 0.25) is 5.91 Å². The molecule has 0 saturated heterocycles. The van der Waals surface area contributed by atoms with Crippen molar-refractivity contribution in [3.8, 4) is 11.8 Å². The van der Waals surface area contributed by atoms with Crippen molar-refractivity contribution in [2.45, 2.75) is 44.2 Å². The molecule has 0 aromatic heterocycles. The van der Waals surface area contributed by atoms with Crippen molar-refractivity contribution in [3.63, 3.8) is 0 Å². The van der Waals surface area contributed by atoms with E-state index in [1.54, 1.807) is 12.1 Å². The van der Waals surface area contributed by atoms with E-state index in [-0.39, 0.29) is 11.7 Å². The highest BCUT2D eigenvalue weighted by Gasteiger charge is 2.35. The molecule has 0 radical (unpaired) electrons. The number of carbonyl (C=O) groups is 1. The first-order valence-electron chi connectivity index (χ1n) is 6.75. The lowest BCUT2D eigenvalue weighted by atomic mass is 9.80. The molecule has 1 aromatic carbocycles. The van der Waals surface area contributed by atoms with Crippen LogP contribution in [0.3, 0.4) is 0 Å². The average Bonchev–Trinajstić information content (AvgIpc) is 2.36. The van der Waals surface area contributed by atoms with Crippen LogP contribution in [0.5, 0.6) is 0 Å². The molecule has 1 aromatic rings. The SMILES string of the molecule is CC(=O)NC1(C#Cc2cccc(F)c2)CCCC(O)C1. The standard InChI is InChI=1S/C16H18FNO2/c1-12(19)18-16(8-3-6-15(20)11-16)9-7-13-4-2-5-14(17)10-13/h2,4-5,10,15,20H,3,6,8,11H2,1H3,(H,18,19). The van der Waals surface area contributed by atoms with E-state index in [2.05, 4.69) is 17.2 Å². The van der Waals surface area contributed by atoms with Crippen LogP contribution in [-0.2, 0) is 4.79 Å². The van der Waals surface area contributed by atoms with Gasteiger partial charge in [-0.2, -0.15) is 0 Å². The third-order valence-electron chi connectivity index (χ3n) is 3.41. The zero-order valence-electron chi connectivity index (χ0n) is 11.4. The molecule has 106 valence electrons. The second-order valence-electron chi connectivity index (χ2n) is 5.27. The molecule has 0 bridgehead atoms. The summed E-state index contributed by atoms with van der Waals surface area (Å²) < 4.78 is 13.1. The summed E-state index contributed by atoms with van der Waals surface area (Å²) in [7, 11) is 0. The molecule has 2 atom stereocenters. The van der Waals surface area contributed by atoms with Gasteiger partial charge < -0.3 is 10.4 Å². The Hall–Kier alpha value is -1.86. The molecular weight excluding hydrogens is 257 g/mol. The van der Waals surface area contributed by atoms with Gasteiger partial charge in [0.15, 0.2) is 0 Å². The number of benzene rings is 1. The Bertz CT molecular complexity index is 561. The predicted octanol–water partition coefficient (Wildman–Crippen LogP) is 1.99. The molecule has 1 aliphatic carbocycles. The van der Waals surface area contributed by atoms with E-state index in [0.29, 0.717) is 18.4 Å². The summed E-state index contributed by atoms with van der Waals surface area (Å²) in [6, 6.07) is 6.03. The maximum absolute atomic E-state index is 13.1. The molecule has 1 aliphatic rings. The minimum atomic E-state index is -0.712. The van der Waals surface area contributed by atoms with Gasteiger partial charge in [-0.1, -0.05) is 17.9 Å². The fraction of sp³-hybridized carbons (Fsp3) is 0.438. The number of rotatable bonds is 1. The van der Waals surface area contributed by atoms with Crippen LogP contribution in [0.15, 0.2) is 24.3 Å². The van der Waals surface area contributed by atoms with Crippen LogP contribution in [0.25, 0.3) is 0 Å². The number of halogens is 1. The smallest absolute Gasteiger partial charge is 0.218 e. The van der Waals surface area contributed by atoms with Gasteiger partial charge in [-0.25, -0.2) is 4.39 Å². The Balaban J connectivity index is 2.26. The number of hydrogen-bond donors (Lipinski definition) is 2. The summed E-state index contributed by atoms with van der Waals surface area (Å²) >= 11 is 0. The first kappa shape index (κ1) is 14.5. The van der Waals surface area contributed by atoms with Gasteiger partial charge in [0.1, 0.15) is 11.4 Å².